The summed E-state index contributed by atoms with van der Waals surface area (Å²) in [4.78, 5) is 4.10. The van der Waals surface area contributed by atoms with E-state index in [-0.39, 0.29) is 0 Å². The van der Waals surface area contributed by atoms with E-state index in [1.165, 1.54) is 0 Å². The van der Waals surface area contributed by atoms with Crippen molar-refractivity contribution < 1.29 is 5.11 Å². The molecule has 2 rings (SSSR count). The molecule has 1 aromatic heterocycles. The van der Waals surface area contributed by atoms with Gasteiger partial charge in [0.05, 0.1) is 6.10 Å². The molecule has 1 unspecified atom stereocenters. The predicted molar refractivity (Wildman–Crippen MR) is 68.5 cm³/mol. The number of aliphatic hydroxyl groups excluding tert-OH is 1. The first-order valence-corrected chi connectivity index (χ1v) is 5.44. The Balaban J connectivity index is 1.95. The van der Waals surface area contributed by atoms with Crippen LogP contribution < -0.4 is 11.1 Å². The molecule has 0 aliphatic carbocycles. The van der Waals surface area contributed by atoms with E-state index < -0.39 is 6.10 Å². The standard InChI is InChI=1S/C13H15N3O/c14-11-6-7-15-13(8-11)16-9-12(17)10-4-2-1-3-5-10/h1-8,12,17H,9H2,(H3,14,15,16). The second kappa shape index (κ2) is 5.32. The number of hydrogen-bond donors (Lipinski definition) is 3. The number of hydrogen-bond acceptors (Lipinski definition) is 4. The van der Waals surface area contributed by atoms with Crippen LogP contribution in [0.5, 0.6) is 0 Å². The normalized spacial score (nSPS) is 12.1. The van der Waals surface area contributed by atoms with E-state index in [2.05, 4.69) is 10.3 Å². The van der Waals surface area contributed by atoms with Gasteiger partial charge in [-0.2, -0.15) is 0 Å². The summed E-state index contributed by atoms with van der Waals surface area (Å²) in [5, 5.41) is 13.0. The van der Waals surface area contributed by atoms with Crippen molar-refractivity contribution in [2.75, 3.05) is 17.6 Å². The maximum absolute atomic E-state index is 9.93. The Hall–Kier alpha value is -2.07. The number of benzene rings is 1. The lowest BCUT2D eigenvalue weighted by molar-refractivity contribution is 0.191. The summed E-state index contributed by atoms with van der Waals surface area (Å²) in [6, 6.07) is 13.0. The molecule has 2 aromatic rings. The van der Waals surface area contributed by atoms with Gasteiger partial charge in [-0.1, -0.05) is 30.3 Å². The number of nitrogen functional groups attached to an aromatic ring is 1. The lowest BCUT2D eigenvalue weighted by Crippen LogP contribution is -2.12. The van der Waals surface area contributed by atoms with E-state index in [4.69, 9.17) is 5.73 Å². The topological polar surface area (TPSA) is 71.2 Å². The van der Waals surface area contributed by atoms with Crippen molar-refractivity contribution in [2.45, 2.75) is 6.10 Å². The highest BCUT2D eigenvalue weighted by molar-refractivity contribution is 5.48. The lowest BCUT2D eigenvalue weighted by Gasteiger charge is -2.12. The molecule has 0 spiro atoms. The number of rotatable bonds is 4. The second-order valence-corrected chi connectivity index (χ2v) is 3.78. The molecule has 1 aromatic carbocycles. The minimum Gasteiger partial charge on any atom is -0.399 e. The maximum atomic E-state index is 9.93. The average Bonchev–Trinajstić information content (AvgIpc) is 2.37. The quantitative estimate of drug-likeness (QED) is 0.747. The fourth-order valence-corrected chi connectivity index (χ4v) is 1.54. The second-order valence-electron chi connectivity index (χ2n) is 3.78. The first kappa shape index (κ1) is 11.4. The SMILES string of the molecule is Nc1ccnc(NCC(O)c2ccccc2)c1. The Morgan fingerprint density at radius 2 is 2.00 bits per heavy atom. The molecule has 17 heavy (non-hydrogen) atoms. The molecule has 4 nitrogen and oxygen atoms in total. The summed E-state index contributed by atoms with van der Waals surface area (Å²) < 4.78 is 0. The van der Waals surface area contributed by atoms with Crippen LogP contribution in [-0.2, 0) is 0 Å². The van der Waals surface area contributed by atoms with Gasteiger partial charge in [0.2, 0.25) is 0 Å². The summed E-state index contributed by atoms with van der Waals surface area (Å²) in [6.45, 7) is 0.403. The van der Waals surface area contributed by atoms with Gasteiger partial charge >= 0.3 is 0 Å². The third-order valence-electron chi connectivity index (χ3n) is 2.44. The Morgan fingerprint density at radius 3 is 2.71 bits per heavy atom. The molecule has 0 saturated heterocycles. The molecule has 1 atom stereocenters. The summed E-state index contributed by atoms with van der Waals surface area (Å²) in [5.74, 6) is 0.667. The van der Waals surface area contributed by atoms with Crippen molar-refractivity contribution in [3.63, 3.8) is 0 Å². The third kappa shape index (κ3) is 3.19. The highest BCUT2D eigenvalue weighted by Crippen LogP contribution is 2.14. The molecule has 88 valence electrons. The van der Waals surface area contributed by atoms with E-state index in [1.54, 1.807) is 18.3 Å². The number of anilines is 2. The minimum atomic E-state index is -0.556. The molecule has 0 aliphatic rings. The van der Waals surface area contributed by atoms with Crippen LogP contribution in [-0.4, -0.2) is 16.6 Å². The average molecular weight is 229 g/mol. The van der Waals surface area contributed by atoms with Crippen molar-refractivity contribution in [1.29, 1.82) is 0 Å². The Kier molecular flexibility index (Phi) is 3.57. The monoisotopic (exact) mass is 229 g/mol. The summed E-state index contributed by atoms with van der Waals surface area (Å²) in [5.41, 5.74) is 7.16. The predicted octanol–water partition coefficient (Wildman–Crippen LogP) is 1.81. The van der Waals surface area contributed by atoms with Gasteiger partial charge < -0.3 is 16.2 Å². The van der Waals surface area contributed by atoms with Crippen molar-refractivity contribution in [2.24, 2.45) is 0 Å². The largest absolute Gasteiger partial charge is 0.399 e. The highest BCUT2D eigenvalue weighted by atomic mass is 16.3. The van der Waals surface area contributed by atoms with Gasteiger partial charge in [0.1, 0.15) is 5.82 Å². The Bertz CT molecular complexity index is 473. The van der Waals surface area contributed by atoms with Crippen LogP contribution in [0.1, 0.15) is 11.7 Å². The highest BCUT2D eigenvalue weighted by Gasteiger charge is 2.06. The van der Waals surface area contributed by atoms with E-state index in [0.29, 0.717) is 18.1 Å². The van der Waals surface area contributed by atoms with Gasteiger partial charge in [-0.25, -0.2) is 4.98 Å². The molecule has 0 amide bonds. The van der Waals surface area contributed by atoms with Crippen LogP contribution in [0.25, 0.3) is 0 Å². The van der Waals surface area contributed by atoms with Crippen LogP contribution in [0.3, 0.4) is 0 Å². The minimum absolute atomic E-state index is 0.403. The zero-order valence-corrected chi connectivity index (χ0v) is 9.38. The molecular weight excluding hydrogens is 214 g/mol. The number of nitrogens with two attached hydrogens (primary N) is 1. The molecule has 1 heterocycles. The fourth-order valence-electron chi connectivity index (χ4n) is 1.54. The van der Waals surface area contributed by atoms with E-state index in [9.17, 15) is 5.11 Å². The molecule has 0 saturated carbocycles. The summed E-state index contributed by atoms with van der Waals surface area (Å²) >= 11 is 0. The van der Waals surface area contributed by atoms with Crippen molar-refractivity contribution in [3.8, 4) is 0 Å². The smallest absolute Gasteiger partial charge is 0.128 e. The van der Waals surface area contributed by atoms with Crippen molar-refractivity contribution in [3.05, 3.63) is 54.2 Å². The van der Waals surface area contributed by atoms with Crippen LogP contribution in [0.2, 0.25) is 0 Å². The fraction of sp³-hybridized carbons (Fsp3) is 0.154. The first-order chi connectivity index (χ1) is 8.25. The number of pyridine rings is 1. The van der Waals surface area contributed by atoms with Gasteiger partial charge in [0.25, 0.3) is 0 Å². The van der Waals surface area contributed by atoms with E-state index >= 15 is 0 Å². The number of nitrogens with zero attached hydrogens (tertiary/aromatic N) is 1. The van der Waals surface area contributed by atoms with Crippen molar-refractivity contribution >= 4 is 11.5 Å². The van der Waals surface area contributed by atoms with Gasteiger partial charge in [-0.3, -0.25) is 0 Å². The number of nitrogens with one attached hydrogen (secondary N) is 1. The summed E-state index contributed by atoms with van der Waals surface area (Å²) in [7, 11) is 0. The van der Waals surface area contributed by atoms with Gasteiger partial charge in [0, 0.05) is 24.5 Å². The van der Waals surface area contributed by atoms with Gasteiger partial charge in [0.15, 0.2) is 0 Å². The van der Waals surface area contributed by atoms with Crippen LogP contribution >= 0.6 is 0 Å². The molecule has 4 heteroatoms. The van der Waals surface area contributed by atoms with E-state index in [0.717, 1.165) is 5.56 Å². The molecule has 4 N–H and O–H groups in total. The third-order valence-corrected chi connectivity index (χ3v) is 2.44. The molecule has 0 aliphatic heterocycles. The molecule has 0 bridgehead atoms. The van der Waals surface area contributed by atoms with Gasteiger partial charge in [-0.05, 0) is 11.6 Å². The maximum Gasteiger partial charge on any atom is 0.128 e. The molecule has 0 fully saturated rings. The first-order valence-electron chi connectivity index (χ1n) is 5.44. The van der Waals surface area contributed by atoms with Gasteiger partial charge in [-0.15, -0.1) is 0 Å². The number of aliphatic hydroxyl groups is 1. The van der Waals surface area contributed by atoms with Crippen molar-refractivity contribution in [1.82, 2.24) is 4.98 Å². The number of aromatic nitrogens is 1. The lowest BCUT2D eigenvalue weighted by atomic mass is 10.1. The van der Waals surface area contributed by atoms with Crippen LogP contribution in [0.4, 0.5) is 11.5 Å². The van der Waals surface area contributed by atoms with E-state index in [1.807, 2.05) is 30.3 Å². The Morgan fingerprint density at radius 1 is 1.24 bits per heavy atom. The zero-order chi connectivity index (χ0) is 12.1. The zero-order valence-electron chi connectivity index (χ0n) is 9.38. The molecule has 0 radical (unpaired) electrons. The van der Waals surface area contributed by atoms with Crippen LogP contribution in [0.15, 0.2) is 48.7 Å². The molecular formula is C13H15N3O. The Labute approximate surface area is 100 Å². The van der Waals surface area contributed by atoms with Crippen LogP contribution in [0, 0.1) is 0 Å². The summed E-state index contributed by atoms with van der Waals surface area (Å²) in [6.07, 6.45) is 1.08.